The SMILES string of the molecule is CC(C)CCCC(C)CCCC(C)CCCC(C)CCC(O)(CCC(C)CCCC(C)CCCC(C)CCCC(C)C)[C@@H](O)CO. The molecule has 0 bridgehead atoms. The van der Waals surface area contributed by atoms with Crippen molar-refractivity contribution in [3.8, 4) is 0 Å². The van der Waals surface area contributed by atoms with Crippen LogP contribution in [0.15, 0.2) is 0 Å². The lowest BCUT2D eigenvalue weighted by Gasteiger charge is -2.34. The summed E-state index contributed by atoms with van der Waals surface area (Å²) >= 11 is 0. The molecule has 3 nitrogen and oxygen atoms in total. The topological polar surface area (TPSA) is 60.7 Å². The van der Waals surface area contributed by atoms with Gasteiger partial charge in [0, 0.05) is 0 Å². The maximum absolute atomic E-state index is 11.4. The molecule has 0 spiro atoms. The molecule has 0 rings (SSSR count). The first-order chi connectivity index (χ1) is 21.7. The highest BCUT2D eigenvalue weighted by molar-refractivity contribution is 4.87. The van der Waals surface area contributed by atoms with Gasteiger partial charge in [0.15, 0.2) is 0 Å². The molecule has 3 heteroatoms. The Bertz CT molecular complexity index is 612. The van der Waals surface area contributed by atoms with Crippen molar-refractivity contribution >= 4 is 0 Å². The molecule has 0 aromatic carbocycles. The largest absolute Gasteiger partial charge is 0.394 e. The van der Waals surface area contributed by atoms with Crippen LogP contribution < -0.4 is 0 Å². The van der Waals surface area contributed by atoms with E-state index in [-0.39, 0.29) is 6.61 Å². The zero-order valence-electron chi connectivity index (χ0n) is 33.3. The predicted molar refractivity (Wildman–Crippen MR) is 204 cm³/mol. The van der Waals surface area contributed by atoms with E-state index in [0.29, 0.717) is 24.7 Å². The second-order valence-electron chi connectivity index (χ2n) is 17.9. The lowest BCUT2D eigenvalue weighted by Crippen LogP contribution is -2.45. The van der Waals surface area contributed by atoms with Crippen LogP contribution in [0.1, 0.15) is 210 Å². The van der Waals surface area contributed by atoms with Gasteiger partial charge < -0.3 is 15.3 Å². The second kappa shape index (κ2) is 27.7. The minimum Gasteiger partial charge on any atom is -0.394 e. The number of aliphatic hydroxyl groups excluding tert-OH is 2. The fraction of sp³-hybridized carbons (Fsp3) is 1.00. The van der Waals surface area contributed by atoms with E-state index in [1.165, 1.54) is 116 Å². The summed E-state index contributed by atoms with van der Waals surface area (Å²) in [6, 6.07) is 0. The van der Waals surface area contributed by atoms with Crippen LogP contribution in [0, 0.1) is 47.3 Å². The van der Waals surface area contributed by atoms with Gasteiger partial charge in [-0.1, -0.05) is 185 Å². The summed E-state index contributed by atoms with van der Waals surface area (Å²) in [5.74, 6) is 6.05. The fourth-order valence-corrected chi connectivity index (χ4v) is 7.50. The van der Waals surface area contributed by atoms with Crippen LogP contribution in [0.4, 0.5) is 0 Å². The zero-order chi connectivity index (χ0) is 35.0. The Morgan fingerprint density at radius 1 is 0.370 bits per heavy atom. The van der Waals surface area contributed by atoms with Crippen molar-refractivity contribution < 1.29 is 15.3 Å². The lowest BCUT2D eigenvalue weighted by atomic mass is 9.81. The Balaban J connectivity index is 4.24. The molecule has 0 aliphatic heterocycles. The Morgan fingerprint density at radius 2 is 0.587 bits per heavy atom. The highest BCUT2D eigenvalue weighted by atomic mass is 16.4. The molecule has 0 aromatic heterocycles. The minimum atomic E-state index is -1.17. The molecule has 278 valence electrons. The van der Waals surface area contributed by atoms with Crippen molar-refractivity contribution in [3.05, 3.63) is 0 Å². The molecular formula is C43H88O3. The van der Waals surface area contributed by atoms with Crippen LogP contribution in [0.2, 0.25) is 0 Å². The maximum Gasteiger partial charge on any atom is 0.106 e. The first-order valence-electron chi connectivity index (χ1n) is 20.7. The molecule has 0 radical (unpaired) electrons. The van der Waals surface area contributed by atoms with Crippen molar-refractivity contribution in [1.82, 2.24) is 0 Å². The molecule has 0 aliphatic rings. The average molecular weight is 653 g/mol. The van der Waals surface area contributed by atoms with Gasteiger partial charge >= 0.3 is 0 Å². The number of hydrogen-bond acceptors (Lipinski definition) is 3. The van der Waals surface area contributed by atoms with Gasteiger partial charge in [0.1, 0.15) is 6.10 Å². The Kier molecular flexibility index (Phi) is 27.6. The van der Waals surface area contributed by atoms with Gasteiger partial charge in [0.05, 0.1) is 12.2 Å². The van der Waals surface area contributed by atoms with Crippen LogP contribution >= 0.6 is 0 Å². The Labute approximate surface area is 290 Å². The quantitative estimate of drug-likeness (QED) is 0.0677. The molecule has 3 N–H and O–H groups in total. The van der Waals surface area contributed by atoms with Gasteiger partial charge in [-0.15, -0.1) is 0 Å². The van der Waals surface area contributed by atoms with Gasteiger partial charge in [-0.3, -0.25) is 0 Å². The smallest absolute Gasteiger partial charge is 0.106 e. The third-order valence-electron chi connectivity index (χ3n) is 11.5. The van der Waals surface area contributed by atoms with Crippen molar-refractivity contribution in [1.29, 1.82) is 0 Å². The normalized spacial score (nSPS) is 18.3. The summed E-state index contributed by atoms with van der Waals surface area (Å²) in [5.41, 5.74) is -1.17. The minimum absolute atomic E-state index is 0.360. The first-order valence-corrected chi connectivity index (χ1v) is 20.7. The summed E-state index contributed by atoms with van der Waals surface area (Å²) in [4.78, 5) is 0. The third-order valence-corrected chi connectivity index (χ3v) is 11.5. The summed E-state index contributed by atoms with van der Waals surface area (Å²) in [7, 11) is 0. The summed E-state index contributed by atoms with van der Waals surface area (Å²) in [6.07, 6.45) is 25.9. The van der Waals surface area contributed by atoms with Crippen LogP contribution in [-0.2, 0) is 0 Å². The van der Waals surface area contributed by atoms with Gasteiger partial charge in [-0.25, -0.2) is 0 Å². The van der Waals surface area contributed by atoms with Gasteiger partial charge in [-0.05, 0) is 73.0 Å². The molecule has 0 saturated carbocycles. The fourth-order valence-electron chi connectivity index (χ4n) is 7.50. The molecule has 46 heavy (non-hydrogen) atoms. The second-order valence-corrected chi connectivity index (χ2v) is 17.9. The van der Waals surface area contributed by atoms with Crippen molar-refractivity contribution in [2.24, 2.45) is 47.3 Å². The maximum atomic E-state index is 11.4. The van der Waals surface area contributed by atoms with Gasteiger partial charge in [-0.2, -0.15) is 0 Å². The monoisotopic (exact) mass is 653 g/mol. The highest BCUT2D eigenvalue weighted by Gasteiger charge is 2.35. The van der Waals surface area contributed by atoms with E-state index in [9.17, 15) is 15.3 Å². The molecule has 0 aliphatic carbocycles. The molecule has 0 saturated heterocycles. The Morgan fingerprint density at radius 3 is 0.804 bits per heavy atom. The molecule has 0 aromatic rings. The molecule has 0 fully saturated rings. The summed E-state index contributed by atoms with van der Waals surface area (Å²) in [5, 5.41) is 31.8. The van der Waals surface area contributed by atoms with Crippen LogP contribution in [0.5, 0.6) is 0 Å². The van der Waals surface area contributed by atoms with Crippen molar-refractivity contribution in [2.45, 2.75) is 222 Å². The van der Waals surface area contributed by atoms with E-state index in [0.717, 1.165) is 48.3 Å². The van der Waals surface area contributed by atoms with E-state index in [1.807, 2.05) is 0 Å². The Hall–Kier alpha value is -0.120. The molecule has 0 amide bonds. The van der Waals surface area contributed by atoms with Crippen molar-refractivity contribution in [2.75, 3.05) is 6.61 Å². The van der Waals surface area contributed by atoms with Crippen LogP contribution in [0.3, 0.4) is 0 Å². The van der Waals surface area contributed by atoms with E-state index >= 15 is 0 Å². The average Bonchev–Trinajstić information content (AvgIpc) is 2.98. The van der Waals surface area contributed by atoms with Crippen LogP contribution in [0.25, 0.3) is 0 Å². The number of rotatable bonds is 32. The van der Waals surface area contributed by atoms with E-state index < -0.39 is 11.7 Å². The third kappa shape index (κ3) is 25.8. The van der Waals surface area contributed by atoms with Crippen LogP contribution in [-0.4, -0.2) is 33.6 Å². The standard InChI is InChI=1S/C43H88O3/c1-34(2)17-11-19-36(5)21-13-23-38(7)25-15-27-40(9)29-31-43(46,42(45)33-44)32-30-41(10)28-16-26-39(8)24-14-22-37(6)20-12-18-35(3)4/h34-42,44-46H,11-33H2,1-10H3/t36?,37?,38?,39?,40?,41?,42-,43?/m0/s1. The first kappa shape index (κ1) is 45.9. The van der Waals surface area contributed by atoms with E-state index in [2.05, 4.69) is 69.2 Å². The molecule has 7 atom stereocenters. The summed E-state index contributed by atoms with van der Waals surface area (Å²) < 4.78 is 0. The predicted octanol–water partition coefficient (Wildman–Crippen LogP) is 12.8. The number of hydrogen-bond donors (Lipinski definition) is 3. The lowest BCUT2D eigenvalue weighted by molar-refractivity contribution is -0.109. The van der Waals surface area contributed by atoms with Gasteiger partial charge in [0.25, 0.3) is 0 Å². The van der Waals surface area contributed by atoms with Crippen molar-refractivity contribution in [3.63, 3.8) is 0 Å². The molecule has 6 unspecified atom stereocenters. The van der Waals surface area contributed by atoms with E-state index in [1.54, 1.807) is 0 Å². The number of aliphatic hydroxyl groups is 3. The highest BCUT2D eigenvalue weighted by Crippen LogP contribution is 2.31. The summed E-state index contributed by atoms with van der Waals surface area (Å²) in [6.45, 7) is 23.3. The van der Waals surface area contributed by atoms with Gasteiger partial charge in [0.2, 0.25) is 0 Å². The molecule has 0 heterocycles. The zero-order valence-corrected chi connectivity index (χ0v) is 33.3. The van der Waals surface area contributed by atoms with E-state index in [4.69, 9.17) is 0 Å². The molecular weight excluding hydrogens is 564 g/mol.